The number of nitrogens with one attached hydrogen (secondary N) is 1. The van der Waals surface area contributed by atoms with E-state index in [9.17, 15) is 9.59 Å². The number of hydrogen-bond acceptors (Lipinski definition) is 3. The van der Waals surface area contributed by atoms with E-state index in [1.54, 1.807) is 0 Å². The highest BCUT2D eigenvalue weighted by Crippen LogP contribution is 2.55. The molecule has 24 heavy (non-hydrogen) atoms. The molecule has 1 atom stereocenters. The Hall–Kier alpha value is -1.68. The first-order chi connectivity index (χ1) is 11.6. The summed E-state index contributed by atoms with van der Waals surface area (Å²) in [5.41, 5.74) is 0.810. The number of amides is 2. The number of carbonyl (C=O) groups excluding carboxylic acids is 2. The standard InChI is InChI=1S/C20H24N2O2/c23-18-9-17(19(24)22(18)16-4-2-1-3-5-16)21-20-10-13-6-14(11-20)8-15(7-13)12-20/h1-5,13-15,17,21H,6-12H2. The molecule has 1 N–H and O–H groups in total. The van der Waals surface area contributed by atoms with Crippen LogP contribution in [0.4, 0.5) is 5.69 Å². The van der Waals surface area contributed by atoms with Gasteiger partial charge in [-0.3, -0.25) is 14.9 Å². The van der Waals surface area contributed by atoms with Crippen molar-refractivity contribution in [2.45, 2.75) is 56.5 Å². The zero-order chi connectivity index (χ0) is 16.3. The maximum Gasteiger partial charge on any atom is 0.251 e. The highest BCUT2D eigenvalue weighted by molar-refractivity contribution is 6.22. The summed E-state index contributed by atoms with van der Waals surface area (Å²) in [7, 11) is 0. The highest BCUT2D eigenvalue weighted by atomic mass is 16.2. The van der Waals surface area contributed by atoms with Gasteiger partial charge >= 0.3 is 0 Å². The van der Waals surface area contributed by atoms with Crippen LogP contribution in [0, 0.1) is 17.8 Å². The molecule has 4 aliphatic carbocycles. The average Bonchev–Trinajstić information content (AvgIpc) is 2.80. The second-order valence-electron chi connectivity index (χ2n) is 8.50. The van der Waals surface area contributed by atoms with Crippen molar-refractivity contribution in [3.05, 3.63) is 30.3 Å². The summed E-state index contributed by atoms with van der Waals surface area (Å²) in [6.45, 7) is 0. The van der Waals surface area contributed by atoms with Crippen molar-refractivity contribution in [2.75, 3.05) is 4.90 Å². The second kappa shape index (κ2) is 5.16. The van der Waals surface area contributed by atoms with Crippen molar-refractivity contribution in [1.29, 1.82) is 0 Å². The Morgan fingerprint density at radius 2 is 1.50 bits per heavy atom. The molecule has 5 fully saturated rings. The molecule has 0 aromatic heterocycles. The Kier molecular flexibility index (Phi) is 3.15. The van der Waals surface area contributed by atoms with Crippen molar-refractivity contribution in [2.24, 2.45) is 17.8 Å². The first-order valence-corrected chi connectivity index (χ1v) is 9.31. The number of rotatable bonds is 3. The predicted octanol–water partition coefficient (Wildman–Crippen LogP) is 2.88. The molecular weight excluding hydrogens is 300 g/mol. The Bertz CT molecular complexity index is 649. The lowest BCUT2D eigenvalue weighted by atomic mass is 9.53. The third-order valence-electron chi connectivity index (χ3n) is 6.68. The minimum atomic E-state index is -0.339. The van der Waals surface area contributed by atoms with Gasteiger partial charge in [-0.2, -0.15) is 0 Å². The molecule has 6 rings (SSSR count). The lowest BCUT2D eigenvalue weighted by molar-refractivity contribution is -0.122. The molecular formula is C20H24N2O2. The fourth-order valence-electron chi connectivity index (χ4n) is 6.25. The van der Waals surface area contributed by atoms with Crippen LogP contribution in [0.3, 0.4) is 0 Å². The van der Waals surface area contributed by atoms with Crippen LogP contribution >= 0.6 is 0 Å². The van der Waals surface area contributed by atoms with E-state index < -0.39 is 0 Å². The highest BCUT2D eigenvalue weighted by Gasteiger charge is 2.53. The zero-order valence-corrected chi connectivity index (χ0v) is 13.9. The van der Waals surface area contributed by atoms with Crippen LogP contribution in [-0.2, 0) is 9.59 Å². The summed E-state index contributed by atoms with van der Waals surface area (Å²) in [6, 6.07) is 8.98. The van der Waals surface area contributed by atoms with E-state index in [-0.39, 0.29) is 23.4 Å². The molecule has 0 spiro atoms. The molecule has 1 heterocycles. The molecule has 1 aromatic carbocycles. The Morgan fingerprint density at radius 3 is 2.08 bits per heavy atom. The number of para-hydroxylation sites is 1. The molecule has 1 unspecified atom stereocenters. The first kappa shape index (κ1) is 14.6. The van der Waals surface area contributed by atoms with E-state index in [2.05, 4.69) is 5.32 Å². The van der Waals surface area contributed by atoms with Crippen molar-refractivity contribution < 1.29 is 9.59 Å². The van der Waals surface area contributed by atoms with E-state index in [0.717, 1.165) is 17.8 Å². The monoisotopic (exact) mass is 324 g/mol. The summed E-state index contributed by atoms with van der Waals surface area (Å²) in [6.07, 6.45) is 8.04. The van der Waals surface area contributed by atoms with E-state index in [0.29, 0.717) is 12.1 Å². The molecule has 4 heteroatoms. The summed E-state index contributed by atoms with van der Waals surface area (Å²) < 4.78 is 0. The van der Waals surface area contributed by atoms with Gasteiger partial charge in [-0.1, -0.05) is 18.2 Å². The van der Waals surface area contributed by atoms with Gasteiger partial charge in [0.15, 0.2) is 0 Å². The van der Waals surface area contributed by atoms with E-state index >= 15 is 0 Å². The number of nitrogens with zero attached hydrogens (tertiary/aromatic N) is 1. The van der Waals surface area contributed by atoms with Crippen molar-refractivity contribution in [3.8, 4) is 0 Å². The normalized spacial score (nSPS) is 40.6. The van der Waals surface area contributed by atoms with Gasteiger partial charge in [0.05, 0.1) is 18.2 Å². The molecule has 5 aliphatic rings. The molecule has 1 aliphatic heterocycles. The fraction of sp³-hybridized carbons (Fsp3) is 0.600. The van der Waals surface area contributed by atoms with Gasteiger partial charge in [-0.25, -0.2) is 4.90 Å². The van der Waals surface area contributed by atoms with Crippen LogP contribution < -0.4 is 10.2 Å². The Morgan fingerprint density at radius 1 is 0.917 bits per heavy atom. The van der Waals surface area contributed by atoms with Crippen molar-refractivity contribution in [1.82, 2.24) is 5.32 Å². The average molecular weight is 324 g/mol. The maximum atomic E-state index is 12.9. The molecule has 1 saturated heterocycles. The molecule has 2 amide bonds. The van der Waals surface area contributed by atoms with Gasteiger partial charge in [-0.05, 0) is 68.4 Å². The number of benzene rings is 1. The summed E-state index contributed by atoms with van der Waals surface area (Å²) in [5.74, 6) is 2.36. The van der Waals surface area contributed by atoms with Gasteiger partial charge in [0.2, 0.25) is 5.91 Å². The second-order valence-corrected chi connectivity index (χ2v) is 8.50. The number of hydrogen-bond donors (Lipinski definition) is 1. The SMILES string of the molecule is O=C1CC(NC23CC4CC(CC(C4)C2)C3)C(=O)N1c1ccccc1. The number of anilines is 1. The molecule has 4 nitrogen and oxygen atoms in total. The maximum absolute atomic E-state index is 12.9. The van der Waals surface area contributed by atoms with Gasteiger partial charge in [0.1, 0.15) is 0 Å². The predicted molar refractivity (Wildman–Crippen MR) is 91.4 cm³/mol. The van der Waals surface area contributed by atoms with Crippen LogP contribution in [0.15, 0.2) is 30.3 Å². The van der Waals surface area contributed by atoms with Crippen molar-refractivity contribution in [3.63, 3.8) is 0 Å². The van der Waals surface area contributed by atoms with Gasteiger partial charge < -0.3 is 0 Å². The lowest BCUT2D eigenvalue weighted by Crippen LogP contribution is -2.61. The summed E-state index contributed by atoms with van der Waals surface area (Å²) >= 11 is 0. The van der Waals surface area contributed by atoms with E-state index in [1.807, 2.05) is 30.3 Å². The third-order valence-corrected chi connectivity index (χ3v) is 6.68. The summed E-state index contributed by atoms with van der Waals surface area (Å²) in [4.78, 5) is 26.7. The largest absolute Gasteiger partial charge is 0.300 e. The third kappa shape index (κ3) is 2.23. The fourth-order valence-corrected chi connectivity index (χ4v) is 6.25. The molecule has 4 bridgehead atoms. The molecule has 4 saturated carbocycles. The lowest BCUT2D eigenvalue weighted by Gasteiger charge is -2.57. The van der Waals surface area contributed by atoms with Gasteiger partial charge in [0.25, 0.3) is 5.91 Å². The minimum Gasteiger partial charge on any atom is -0.300 e. The van der Waals surface area contributed by atoms with E-state index in [4.69, 9.17) is 0 Å². The molecule has 0 radical (unpaired) electrons. The van der Waals surface area contributed by atoms with Gasteiger partial charge in [0, 0.05) is 5.54 Å². The van der Waals surface area contributed by atoms with Gasteiger partial charge in [-0.15, -0.1) is 0 Å². The Balaban J connectivity index is 1.37. The van der Waals surface area contributed by atoms with Crippen LogP contribution in [0.1, 0.15) is 44.9 Å². The van der Waals surface area contributed by atoms with Crippen LogP contribution in [0.2, 0.25) is 0 Å². The number of imide groups is 1. The quantitative estimate of drug-likeness (QED) is 0.870. The molecule has 126 valence electrons. The van der Waals surface area contributed by atoms with Crippen LogP contribution in [0.25, 0.3) is 0 Å². The topological polar surface area (TPSA) is 49.4 Å². The zero-order valence-electron chi connectivity index (χ0n) is 13.9. The van der Waals surface area contributed by atoms with Crippen molar-refractivity contribution >= 4 is 17.5 Å². The first-order valence-electron chi connectivity index (χ1n) is 9.31. The smallest absolute Gasteiger partial charge is 0.251 e. The van der Waals surface area contributed by atoms with Crippen LogP contribution in [0.5, 0.6) is 0 Å². The Labute approximate surface area is 142 Å². The van der Waals surface area contributed by atoms with E-state index in [1.165, 1.54) is 43.4 Å². The van der Waals surface area contributed by atoms with Crippen LogP contribution in [-0.4, -0.2) is 23.4 Å². The molecule has 1 aromatic rings. The number of carbonyl (C=O) groups is 2. The summed E-state index contributed by atoms with van der Waals surface area (Å²) in [5, 5.41) is 3.69. The minimum absolute atomic E-state index is 0.0676.